The van der Waals surface area contributed by atoms with E-state index in [4.69, 9.17) is 4.74 Å². The molecule has 1 aromatic carbocycles. The van der Waals surface area contributed by atoms with Crippen LogP contribution in [-0.4, -0.2) is 24.1 Å². The lowest BCUT2D eigenvalue weighted by Crippen LogP contribution is -2.28. The van der Waals surface area contributed by atoms with Crippen molar-refractivity contribution < 1.29 is 9.66 Å². The number of hydrogen-bond donors (Lipinski definition) is 1. The van der Waals surface area contributed by atoms with E-state index in [-0.39, 0.29) is 5.69 Å². The molecule has 5 nitrogen and oxygen atoms in total. The Balaban J connectivity index is 1.98. The van der Waals surface area contributed by atoms with Crippen molar-refractivity contribution in [1.29, 1.82) is 0 Å². The summed E-state index contributed by atoms with van der Waals surface area (Å²) in [5.41, 5.74) is 0.0585. The van der Waals surface area contributed by atoms with E-state index in [9.17, 15) is 10.1 Å². The summed E-state index contributed by atoms with van der Waals surface area (Å²) in [6.07, 6.45) is 2.29. The first kappa shape index (κ1) is 12.3. The summed E-state index contributed by atoms with van der Waals surface area (Å²) >= 11 is 3.28. The Hall–Kier alpha value is -1.14. The van der Waals surface area contributed by atoms with Crippen LogP contribution in [0.15, 0.2) is 22.7 Å². The topological polar surface area (TPSA) is 64.4 Å². The van der Waals surface area contributed by atoms with E-state index < -0.39 is 4.92 Å². The summed E-state index contributed by atoms with van der Waals surface area (Å²) < 4.78 is 6.24. The number of rotatable bonds is 4. The standard InChI is InChI=1S/C11H13BrN2O3/c12-10-6-9(14(15)16)3-4-11(10)17-7-8-2-1-5-13-8/h3-4,6,8,13H,1-2,5,7H2. The van der Waals surface area contributed by atoms with Crippen LogP contribution in [0.25, 0.3) is 0 Å². The molecule has 1 aliphatic rings. The number of nitrogens with zero attached hydrogens (tertiary/aromatic N) is 1. The number of nitro benzene ring substituents is 1. The lowest BCUT2D eigenvalue weighted by atomic mass is 10.2. The summed E-state index contributed by atoms with van der Waals surface area (Å²) in [5, 5.41) is 13.9. The molecule has 2 rings (SSSR count). The zero-order valence-corrected chi connectivity index (χ0v) is 10.8. The van der Waals surface area contributed by atoms with Crippen LogP contribution in [0, 0.1) is 10.1 Å². The van der Waals surface area contributed by atoms with Gasteiger partial charge in [-0.1, -0.05) is 0 Å². The van der Waals surface area contributed by atoms with E-state index in [1.807, 2.05) is 0 Å². The van der Waals surface area contributed by atoms with E-state index >= 15 is 0 Å². The van der Waals surface area contributed by atoms with Gasteiger partial charge in [0.1, 0.15) is 12.4 Å². The van der Waals surface area contributed by atoms with Crippen LogP contribution in [0.2, 0.25) is 0 Å². The molecule has 0 spiro atoms. The molecule has 1 atom stereocenters. The van der Waals surface area contributed by atoms with Crippen LogP contribution in [-0.2, 0) is 0 Å². The van der Waals surface area contributed by atoms with E-state index in [0.717, 1.165) is 13.0 Å². The van der Waals surface area contributed by atoms with Crippen molar-refractivity contribution in [3.8, 4) is 5.75 Å². The lowest BCUT2D eigenvalue weighted by Gasteiger charge is -2.12. The van der Waals surface area contributed by atoms with Gasteiger partial charge in [0.05, 0.1) is 9.40 Å². The first-order valence-electron chi connectivity index (χ1n) is 5.47. The highest BCUT2D eigenvalue weighted by atomic mass is 79.9. The third-order valence-electron chi connectivity index (χ3n) is 2.73. The quantitative estimate of drug-likeness (QED) is 0.685. The molecule has 0 aliphatic carbocycles. The molecule has 0 amide bonds. The molecule has 0 radical (unpaired) electrons. The minimum Gasteiger partial charge on any atom is -0.491 e. The fourth-order valence-electron chi connectivity index (χ4n) is 1.81. The molecular weight excluding hydrogens is 288 g/mol. The molecule has 0 bridgehead atoms. The molecule has 1 unspecified atom stereocenters. The van der Waals surface area contributed by atoms with E-state index in [1.165, 1.54) is 18.6 Å². The fraction of sp³-hybridized carbons (Fsp3) is 0.455. The van der Waals surface area contributed by atoms with E-state index in [1.54, 1.807) is 6.07 Å². The first-order chi connectivity index (χ1) is 8.16. The van der Waals surface area contributed by atoms with Crippen LogP contribution in [0.3, 0.4) is 0 Å². The van der Waals surface area contributed by atoms with Crippen LogP contribution < -0.4 is 10.1 Å². The van der Waals surface area contributed by atoms with Crippen molar-refractivity contribution in [2.24, 2.45) is 0 Å². The smallest absolute Gasteiger partial charge is 0.270 e. The molecule has 17 heavy (non-hydrogen) atoms. The lowest BCUT2D eigenvalue weighted by molar-refractivity contribution is -0.385. The third kappa shape index (κ3) is 3.17. The number of non-ortho nitro benzene ring substituents is 1. The molecule has 0 saturated carbocycles. The number of hydrogen-bond acceptors (Lipinski definition) is 4. The van der Waals surface area contributed by atoms with Crippen molar-refractivity contribution in [2.75, 3.05) is 13.2 Å². The predicted octanol–water partition coefficient (Wildman–Crippen LogP) is 2.49. The average Bonchev–Trinajstić information content (AvgIpc) is 2.80. The van der Waals surface area contributed by atoms with Gasteiger partial charge in [-0.05, 0) is 41.4 Å². The second-order valence-corrected chi connectivity index (χ2v) is 4.83. The SMILES string of the molecule is O=[N+]([O-])c1ccc(OCC2CCCN2)c(Br)c1. The molecule has 6 heteroatoms. The molecule has 92 valence electrons. The summed E-state index contributed by atoms with van der Waals surface area (Å²) in [6.45, 7) is 1.63. The summed E-state index contributed by atoms with van der Waals surface area (Å²) in [5.74, 6) is 0.643. The number of nitro groups is 1. The summed E-state index contributed by atoms with van der Waals surface area (Å²) in [7, 11) is 0. The largest absolute Gasteiger partial charge is 0.491 e. The fourth-order valence-corrected chi connectivity index (χ4v) is 2.29. The highest BCUT2D eigenvalue weighted by Gasteiger charge is 2.16. The second kappa shape index (κ2) is 5.46. The zero-order chi connectivity index (χ0) is 12.3. The van der Waals surface area contributed by atoms with Gasteiger partial charge < -0.3 is 10.1 Å². The van der Waals surface area contributed by atoms with Gasteiger partial charge in [-0.2, -0.15) is 0 Å². The Labute approximate surface area is 107 Å². The average molecular weight is 301 g/mol. The normalized spacial score (nSPS) is 19.2. The molecule has 0 aromatic heterocycles. The Morgan fingerprint density at radius 1 is 1.59 bits per heavy atom. The predicted molar refractivity (Wildman–Crippen MR) is 67.3 cm³/mol. The highest BCUT2D eigenvalue weighted by molar-refractivity contribution is 9.10. The van der Waals surface area contributed by atoms with Gasteiger partial charge in [0.15, 0.2) is 0 Å². The van der Waals surface area contributed by atoms with Crippen LogP contribution >= 0.6 is 15.9 Å². The molecule has 1 aromatic rings. The maximum Gasteiger partial charge on any atom is 0.270 e. The summed E-state index contributed by atoms with van der Waals surface area (Å²) in [6, 6.07) is 4.91. The Bertz CT molecular complexity index is 419. The number of ether oxygens (including phenoxy) is 1. The maximum absolute atomic E-state index is 10.6. The van der Waals surface area contributed by atoms with Gasteiger partial charge in [-0.3, -0.25) is 10.1 Å². The van der Waals surface area contributed by atoms with Gasteiger partial charge >= 0.3 is 0 Å². The van der Waals surface area contributed by atoms with E-state index in [0.29, 0.717) is 22.9 Å². The van der Waals surface area contributed by atoms with Crippen molar-refractivity contribution in [3.63, 3.8) is 0 Å². The van der Waals surface area contributed by atoms with Gasteiger partial charge in [0, 0.05) is 18.2 Å². The second-order valence-electron chi connectivity index (χ2n) is 3.98. The summed E-state index contributed by atoms with van der Waals surface area (Å²) in [4.78, 5) is 10.1. The van der Waals surface area contributed by atoms with Crippen LogP contribution in [0.5, 0.6) is 5.75 Å². The Morgan fingerprint density at radius 2 is 2.41 bits per heavy atom. The van der Waals surface area contributed by atoms with Crippen molar-refractivity contribution in [3.05, 3.63) is 32.8 Å². The highest BCUT2D eigenvalue weighted by Crippen LogP contribution is 2.29. The van der Waals surface area contributed by atoms with Gasteiger partial charge in [0.25, 0.3) is 5.69 Å². The zero-order valence-electron chi connectivity index (χ0n) is 9.19. The first-order valence-corrected chi connectivity index (χ1v) is 6.26. The van der Waals surface area contributed by atoms with E-state index in [2.05, 4.69) is 21.2 Å². The van der Waals surface area contributed by atoms with Crippen LogP contribution in [0.1, 0.15) is 12.8 Å². The molecular formula is C11H13BrN2O3. The van der Waals surface area contributed by atoms with Crippen molar-refractivity contribution in [1.82, 2.24) is 5.32 Å². The molecule has 1 aliphatic heterocycles. The molecule has 1 N–H and O–H groups in total. The number of halogens is 1. The van der Waals surface area contributed by atoms with Gasteiger partial charge in [-0.15, -0.1) is 0 Å². The Morgan fingerprint density at radius 3 is 3.00 bits per heavy atom. The van der Waals surface area contributed by atoms with Crippen molar-refractivity contribution >= 4 is 21.6 Å². The molecule has 1 heterocycles. The minimum absolute atomic E-state index is 0.0585. The van der Waals surface area contributed by atoms with Crippen molar-refractivity contribution in [2.45, 2.75) is 18.9 Å². The number of benzene rings is 1. The number of nitrogens with one attached hydrogen (secondary N) is 1. The monoisotopic (exact) mass is 300 g/mol. The Kier molecular flexibility index (Phi) is 3.96. The third-order valence-corrected chi connectivity index (χ3v) is 3.35. The minimum atomic E-state index is -0.424. The molecule has 1 saturated heterocycles. The maximum atomic E-state index is 10.6. The molecule has 1 fully saturated rings. The van der Waals surface area contributed by atoms with Gasteiger partial charge in [-0.25, -0.2) is 0 Å². The van der Waals surface area contributed by atoms with Gasteiger partial charge in [0.2, 0.25) is 0 Å². The van der Waals surface area contributed by atoms with Crippen LogP contribution in [0.4, 0.5) is 5.69 Å².